The molecule has 0 aliphatic carbocycles. The maximum absolute atomic E-state index is 12.7. The van der Waals surface area contributed by atoms with Crippen molar-refractivity contribution < 1.29 is 24.2 Å². The third-order valence-corrected chi connectivity index (χ3v) is 5.13. The smallest absolute Gasteiger partial charge is 0.343 e. The Balaban J connectivity index is 1.91. The van der Waals surface area contributed by atoms with E-state index in [0.29, 0.717) is 24.3 Å². The molecule has 10 nitrogen and oxygen atoms in total. The van der Waals surface area contributed by atoms with Gasteiger partial charge in [0.1, 0.15) is 17.1 Å². The summed E-state index contributed by atoms with van der Waals surface area (Å²) >= 11 is 0. The highest BCUT2D eigenvalue weighted by atomic mass is 16.5. The van der Waals surface area contributed by atoms with E-state index in [1.165, 1.54) is 7.11 Å². The van der Waals surface area contributed by atoms with E-state index in [2.05, 4.69) is 20.3 Å². The normalized spacial score (nSPS) is 11.6. The summed E-state index contributed by atoms with van der Waals surface area (Å²) in [4.78, 5) is 47.1. The Kier molecular flexibility index (Phi) is 7.85. The van der Waals surface area contributed by atoms with Crippen molar-refractivity contribution in [2.75, 3.05) is 20.3 Å². The van der Waals surface area contributed by atoms with E-state index in [-0.39, 0.29) is 30.1 Å². The van der Waals surface area contributed by atoms with Crippen LogP contribution in [-0.4, -0.2) is 52.2 Å². The second kappa shape index (κ2) is 11.0. The molecule has 1 amide bonds. The molecule has 0 aliphatic rings. The van der Waals surface area contributed by atoms with Gasteiger partial charge in [-0.15, -0.1) is 0 Å². The van der Waals surface area contributed by atoms with Crippen LogP contribution in [0.2, 0.25) is 0 Å². The van der Waals surface area contributed by atoms with Crippen molar-refractivity contribution in [2.24, 2.45) is 0 Å². The fourth-order valence-corrected chi connectivity index (χ4v) is 3.46. The average Bonchev–Trinajstić information content (AvgIpc) is 3.32. The number of hydrogen-bond acceptors (Lipinski definition) is 7. The molecule has 2 heterocycles. The Morgan fingerprint density at radius 3 is 2.61 bits per heavy atom. The molecule has 0 saturated carbocycles. The van der Waals surface area contributed by atoms with Crippen LogP contribution in [-0.2, 0) is 16.0 Å². The lowest BCUT2D eigenvalue weighted by Crippen LogP contribution is -2.29. The predicted octanol–water partition coefficient (Wildman–Crippen LogP) is 1.87. The minimum atomic E-state index is -0.818. The summed E-state index contributed by atoms with van der Waals surface area (Å²) in [5, 5.41) is 13.6. The molecule has 1 aromatic carbocycles. The van der Waals surface area contributed by atoms with Gasteiger partial charge in [-0.05, 0) is 24.6 Å². The number of nitrogens with zero attached hydrogens (tertiary/aromatic N) is 1. The number of methoxy groups -OCH3 is 1. The van der Waals surface area contributed by atoms with Gasteiger partial charge in [0.25, 0.3) is 5.56 Å². The van der Waals surface area contributed by atoms with Gasteiger partial charge in [-0.2, -0.15) is 0 Å². The number of ether oxygens (including phenoxy) is 2. The van der Waals surface area contributed by atoms with Gasteiger partial charge >= 0.3 is 5.97 Å². The van der Waals surface area contributed by atoms with E-state index in [1.807, 2.05) is 0 Å². The lowest BCUT2D eigenvalue weighted by Gasteiger charge is -2.19. The molecule has 3 aromatic rings. The maximum Gasteiger partial charge on any atom is 0.343 e. The van der Waals surface area contributed by atoms with Crippen LogP contribution in [0.25, 0.3) is 0 Å². The number of rotatable bonds is 10. The minimum Gasteiger partial charge on any atom is -0.506 e. The van der Waals surface area contributed by atoms with Crippen LogP contribution in [0.15, 0.2) is 47.8 Å². The lowest BCUT2D eigenvalue weighted by atomic mass is 9.87. The molecule has 0 fully saturated rings. The van der Waals surface area contributed by atoms with Crippen LogP contribution in [0.1, 0.15) is 46.4 Å². The average molecular weight is 454 g/mol. The summed E-state index contributed by atoms with van der Waals surface area (Å²) in [6.07, 6.45) is 4.77. The first kappa shape index (κ1) is 23.6. The third kappa shape index (κ3) is 5.79. The van der Waals surface area contributed by atoms with Crippen LogP contribution in [0.3, 0.4) is 0 Å². The molecular weight excluding hydrogens is 428 g/mol. The number of imidazole rings is 1. The van der Waals surface area contributed by atoms with Crippen molar-refractivity contribution in [3.8, 4) is 11.5 Å². The fraction of sp³-hybridized carbons (Fsp3) is 0.304. The van der Waals surface area contributed by atoms with E-state index < -0.39 is 23.2 Å². The number of benzene rings is 1. The predicted molar refractivity (Wildman–Crippen MR) is 119 cm³/mol. The quantitative estimate of drug-likeness (QED) is 0.342. The highest BCUT2D eigenvalue weighted by Gasteiger charge is 2.28. The fourth-order valence-electron chi connectivity index (χ4n) is 3.46. The second-order valence-electron chi connectivity index (χ2n) is 7.22. The number of amides is 1. The molecule has 2 aromatic heterocycles. The van der Waals surface area contributed by atoms with Gasteiger partial charge < -0.3 is 29.9 Å². The summed E-state index contributed by atoms with van der Waals surface area (Å²) in [5.74, 6) is -1.83. The Morgan fingerprint density at radius 2 is 1.97 bits per heavy atom. The number of aromatic hydroxyl groups is 1. The van der Waals surface area contributed by atoms with E-state index in [0.717, 1.165) is 11.9 Å². The molecule has 3 rings (SSSR count). The lowest BCUT2D eigenvalue weighted by molar-refractivity contribution is -0.121. The van der Waals surface area contributed by atoms with Gasteiger partial charge in [-0.25, -0.2) is 9.78 Å². The largest absolute Gasteiger partial charge is 0.506 e. The van der Waals surface area contributed by atoms with Gasteiger partial charge in [-0.1, -0.05) is 12.1 Å². The Hall–Kier alpha value is -4.08. The van der Waals surface area contributed by atoms with Gasteiger partial charge in [0, 0.05) is 43.4 Å². The molecule has 33 heavy (non-hydrogen) atoms. The molecule has 1 unspecified atom stereocenters. The molecular formula is C23H26N4O6. The number of nitrogens with one attached hydrogen (secondary N) is 3. The molecule has 0 bridgehead atoms. The van der Waals surface area contributed by atoms with Crippen LogP contribution in [0.5, 0.6) is 11.5 Å². The van der Waals surface area contributed by atoms with Crippen LogP contribution in [0, 0.1) is 0 Å². The Labute approximate surface area is 190 Å². The molecule has 1 atom stereocenters. The first-order chi connectivity index (χ1) is 15.9. The monoisotopic (exact) mass is 454 g/mol. The van der Waals surface area contributed by atoms with Crippen molar-refractivity contribution in [1.29, 1.82) is 0 Å². The first-order valence-electron chi connectivity index (χ1n) is 10.4. The summed E-state index contributed by atoms with van der Waals surface area (Å²) in [6.45, 7) is 2.10. The molecule has 4 N–H and O–H groups in total. The Morgan fingerprint density at radius 1 is 1.21 bits per heavy atom. The standard InChI is InChI=1S/C23H26N4O6/c1-3-33-23(31)18-12-26-22(30)20(21(18)29)17(14-4-6-16(32-2)7-5-14)10-19(28)25-9-8-15-11-24-13-27-15/h4-7,11-13,17H,3,8-10H2,1-2H3,(H,24,27)(H,25,28)(H2,26,29,30). The number of carbonyl (C=O) groups is 2. The van der Waals surface area contributed by atoms with E-state index in [9.17, 15) is 19.5 Å². The maximum atomic E-state index is 12.7. The third-order valence-electron chi connectivity index (χ3n) is 5.13. The van der Waals surface area contributed by atoms with Gasteiger partial charge in [0.05, 0.1) is 25.6 Å². The van der Waals surface area contributed by atoms with Crippen molar-refractivity contribution in [2.45, 2.75) is 25.7 Å². The highest BCUT2D eigenvalue weighted by molar-refractivity contribution is 5.92. The van der Waals surface area contributed by atoms with Crippen molar-refractivity contribution in [3.63, 3.8) is 0 Å². The first-order valence-corrected chi connectivity index (χ1v) is 10.4. The van der Waals surface area contributed by atoms with E-state index in [4.69, 9.17) is 9.47 Å². The zero-order valence-corrected chi connectivity index (χ0v) is 18.4. The summed E-state index contributed by atoms with van der Waals surface area (Å²) in [7, 11) is 1.53. The molecule has 0 aliphatic heterocycles. The topological polar surface area (TPSA) is 146 Å². The minimum absolute atomic E-state index is 0.0885. The van der Waals surface area contributed by atoms with Gasteiger partial charge in [-0.3, -0.25) is 9.59 Å². The number of H-pyrrole nitrogens is 2. The Bertz CT molecular complexity index is 1140. The van der Waals surface area contributed by atoms with Crippen molar-refractivity contribution >= 4 is 11.9 Å². The van der Waals surface area contributed by atoms with E-state index >= 15 is 0 Å². The summed E-state index contributed by atoms with van der Waals surface area (Å²) in [6, 6.07) is 6.80. The molecule has 10 heteroatoms. The van der Waals surface area contributed by atoms with Crippen LogP contribution < -0.4 is 15.6 Å². The zero-order chi connectivity index (χ0) is 23.8. The number of hydrogen-bond donors (Lipinski definition) is 4. The number of carbonyl (C=O) groups excluding carboxylic acids is 2. The summed E-state index contributed by atoms with van der Waals surface area (Å²) in [5.41, 5.74) is 0.602. The number of aromatic amines is 2. The number of esters is 1. The molecule has 0 spiro atoms. The second-order valence-corrected chi connectivity index (χ2v) is 7.22. The van der Waals surface area contributed by atoms with Crippen LogP contribution >= 0.6 is 0 Å². The highest BCUT2D eigenvalue weighted by Crippen LogP contribution is 2.34. The van der Waals surface area contributed by atoms with Gasteiger partial charge in [0.15, 0.2) is 0 Å². The van der Waals surface area contributed by atoms with Gasteiger partial charge in [0.2, 0.25) is 5.91 Å². The van der Waals surface area contributed by atoms with E-state index in [1.54, 1.807) is 43.7 Å². The number of aromatic nitrogens is 3. The van der Waals surface area contributed by atoms with Crippen LogP contribution in [0.4, 0.5) is 0 Å². The molecule has 0 radical (unpaired) electrons. The van der Waals surface area contributed by atoms with Crippen molar-refractivity contribution in [1.82, 2.24) is 20.3 Å². The zero-order valence-electron chi connectivity index (χ0n) is 18.4. The number of pyridine rings is 1. The SMILES string of the molecule is CCOC(=O)c1c[nH]c(=O)c(C(CC(=O)NCCc2cnc[nH]2)c2ccc(OC)cc2)c1O. The molecule has 174 valence electrons. The summed E-state index contributed by atoms with van der Waals surface area (Å²) < 4.78 is 10.1. The molecule has 0 saturated heterocycles. The van der Waals surface area contributed by atoms with Crippen molar-refractivity contribution in [3.05, 3.63) is 75.7 Å².